The van der Waals surface area contributed by atoms with Crippen molar-refractivity contribution in [2.75, 3.05) is 0 Å². The van der Waals surface area contributed by atoms with E-state index in [9.17, 15) is 28.8 Å². The highest BCUT2D eigenvalue weighted by Gasteiger charge is 2.23. The molecule has 1 aromatic carbocycles. The molecule has 2 unspecified atom stereocenters. The molecule has 0 aromatic heterocycles. The topological polar surface area (TPSA) is 231 Å². The van der Waals surface area contributed by atoms with Crippen molar-refractivity contribution in [2.24, 2.45) is 0 Å². The SMILES string of the molecule is CC.CC(C)(C)NC(=O)NC(CCC(=O)O)C(=O)O.Cc1ccc(CNC(=O)NC(CCC(=O)O)C(=O)O)cc1. The minimum Gasteiger partial charge on any atom is -0.481 e. The minimum atomic E-state index is -1.26. The third-order valence-corrected chi connectivity index (χ3v) is 4.56. The van der Waals surface area contributed by atoms with E-state index in [1.54, 1.807) is 20.8 Å². The number of amides is 4. The summed E-state index contributed by atoms with van der Waals surface area (Å²) in [4.78, 5) is 65.4. The predicted octanol–water partition coefficient (Wildman–Crippen LogP) is 2.54. The van der Waals surface area contributed by atoms with E-state index >= 15 is 0 Å². The van der Waals surface area contributed by atoms with E-state index in [4.69, 9.17) is 20.4 Å². The number of carbonyl (C=O) groups is 6. The Balaban J connectivity index is 0. The molecule has 0 aliphatic rings. The fraction of sp³-hybridized carbons (Fsp3) is 0.538. The van der Waals surface area contributed by atoms with E-state index in [-0.39, 0.29) is 32.2 Å². The summed E-state index contributed by atoms with van der Waals surface area (Å²) >= 11 is 0. The van der Waals surface area contributed by atoms with Gasteiger partial charge in [-0.3, -0.25) is 9.59 Å². The molecule has 1 aromatic rings. The second-order valence-electron chi connectivity index (χ2n) is 9.31. The van der Waals surface area contributed by atoms with Gasteiger partial charge in [0.25, 0.3) is 0 Å². The molecule has 2 atom stereocenters. The van der Waals surface area contributed by atoms with E-state index in [1.165, 1.54) is 0 Å². The van der Waals surface area contributed by atoms with Crippen LogP contribution in [0.5, 0.6) is 0 Å². The first-order valence-electron chi connectivity index (χ1n) is 12.6. The van der Waals surface area contributed by atoms with Crippen molar-refractivity contribution in [1.82, 2.24) is 21.3 Å². The first kappa shape index (κ1) is 37.8. The fourth-order valence-electron chi connectivity index (χ4n) is 2.68. The van der Waals surface area contributed by atoms with Crippen LogP contribution in [0, 0.1) is 6.92 Å². The fourth-order valence-corrected chi connectivity index (χ4v) is 2.68. The van der Waals surface area contributed by atoms with Gasteiger partial charge in [-0.2, -0.15) is 0 Å². The number of carbonyl (C=O) groups excluding carboxylic acids is 2. The predicted molar refractivity (Wildman–Crippen MR) is 146 cm³/mol. The number of aryl methyl sites for hydroxylation is 1. The number of hydrogen-bond acceptors (Lipinski definition) is 6. The zero-order chi connectivity index (χ0) is 31.5. The van der Waals surface area contributed by atoms with Crippen molar-refractivity contribution in [2.45, 2.75) is 91.4 Å². The molecule has 14 heteroatoms. The molecule has 0 spiro atoms. The summed E-state index contributed by atoms with van der Waals surface area (Å²) in [6.45, 7) is 11.5. The number of nitrogens with one attached hydrogen (secondary N) is 4. The summed E-state index contributed by atoms with van der Waals surface area (Å²) in [6.07, 6.45) is -0.952. The van der Waals surface area contributed by atoms with Crippen LogP contribution in [0.1, 0.15) is 71.4 Å². The Morgan fingerprint density at radius 3 is 1.48 bits per heavy atom. The van der Waals surface area contributed by atoms with E-state index < -0.39 is 53.6 Å². The van der Waals surface area contributed by atoms with Gasteiger partial charge in [0.1, 0.15) is 12.1 Å². The van der Waals surface area contributed by atoms with Crippen LogP contribution in [0.4, 0.5) is 9.59 Å². The summed E-state index contributed by atoms with van der Waals surface area (Å²) in [6, 6.07) is 3.82. The van der Waals surface area contributed by atoms with Crippen LogP contribution in [0.15, 0.2) is 24.3 Å². The lowest BCUT2D eigenvalue weighted by Crippen LogP contribution is -2.51. The molecule has 14 nitrogen and oxygen atoms in total. The lowest BCUT2D eigenvalue weighted by molar-refractivity contribution is -0.142. The zero-order valence-electron chi connectivity index (χ0n) is 23.7. The van der Waals surface area contributed by atoms with Crippen molar-refractivity contribution in [1.29, 1.82) is 0 Å². The molecule has 0 bridgehead atoms. The zero-order valence-corrected chi connectivity index (χ0v) is 23.7. The number of rotatable bonds is 12. The normalized spacial score (nSPS) is 11.6. The second-order valence-corrected chi connectivity index (χ2v) is 9.31. The highest BCUT2D eigenvalue weighted by Crippen LogP contribution is 2.03. The van der Waals surface area contributed by atoms with E-state index in [1.807, 2.05) is 45.0 Å². The first-order valence-corrected chi connectivity index (χ1v) is 12.6. The Kier molecular flexibility index (Phi) is 18.6. The van der Waals surface area contributed by atoms with Gasteiger partial charge in [0.15, 0.2) is 0 Å². The Bertz CT molecular complexity index is 975. The van der Waals surface area contributed by atoms with Crippen LogP contribution >= 0.6 is 0 Å². The van der Waals surface area contributed by atoms with Crippen molar-refractivity contribution in [3.05, 3.63) is 35.4 Å². The molecule has 1 rings (SSSR count). The van der Waals surface area contributed by atoms with Gasteiger partial charge in [-0.1, -0.05) is 43.7 Å². The number of carboxylic acid groups (broad SMARTS) is 4. The van der Waals surface area contributed by atoms with Crippen LogP contribution < -0.4 is 21.3 Å². The summed E-state index contributed by atoms with van der Waals surface area (Å²) in [5.74, 6) is -4.73. The molecule has 0 saturated carbocycles. The molecule has 0 radical (unpaired) electrons. The van der Waals surface area contributed by atoms with Gasteiger partial charge in [0.2, 0.25) is 0 Å². The standard InChI is InChI=1S/C14H18N2O5.C10H18N2O5.C2H6/c1-9-2-4-10(5-3-9)8-15-14(21)16-11(13(19)20)6-7-12(17)18;1-10(2,3)12-9(17)11-6(8(15)16)4-5-7(13)14;1-2/h2-5,11H,6-8H2,1H3,(H,17,18)(H,19,20)(H2,15,16,21);6H,4-5H2,1-3H3,(H,13,14)(H,15,16)(H2,11,12,17);1-2H3. The summed E-state index contributed by atoms with van der Waals surface area (Å²) in [7, 11) is 0. The quantitative estimate of drug-likeness (QED) is 0.183. The van der Waals surface area contributed by atoms with Crippen molar-refractivity contribution >= 4 is 35.9 Å². The molecular weight excluding hydrogens is 528 g/mol. The largest absolute Gasteiger partial charge is 0.481 e. The Morgan fingerprint density at radius 1 is 0.725 bits per heavy atom. The molecule has 0 fully saturated rings. The summed E-state index contributed by atoms with van der Waals surface area (Å²) in [5.41, 5.74) is 1.50. The third kappa shape index (κ3) is 20.7. The van der Waals surface area contributed by atoms with Gasteiger partial charge in [-0.25, -0.2) is 19.2 Å². The molecule has 0 aliphatic carbocycles. The monoisotopic (exact) mass is 570 g/mol. The van der Waals surface area contributed by atoms with Crippen LogP contribution in [-0.4, -0.2) is 74.0 Å². The highest BCUT2D eigenvalue weighted by atomic mass is 16.4. The average Bonchev–Trinajstić information content (AvgIpc) is 2.84. The van der Waals surface area contributed by atoms with Gasteiger partial charge in [-0.05, 0) is 46.1 Å². The molecule has 40 heavy (non-hydrogen) atoms. The van der Waals surface area contributed by atoms with Crippen LogP contribution in [0.25, 0.3) is 0 Å². The lowest BCUT2D eigenvalue weighted by Gasteiger charge is -2.22. The first-order chi connectivity index (χ1) is 18.5. The summed E-state index contributed by atoms with van der Waals surface area (Å²) in [5, 5.41) is 44.2. The lowest BCUT2D eigenvalue weighted by atomic mass is 10.1. The molecule has 0 aliphatic heterocycles. The number of benzene rings is 1. The van der Waals surface area contributed by atoms with Crippen molar-refractivity contribution in [3.63, 3.8) is 0 Å². The van der Waals surface area contributed by atoms with Crippen molar-refractivity contribution < 1.29 is 49.2 Å². The smallest absolute Gasteiger partial charge is 0.326 e. The van der Waals surface area contributed by atoms with Gasteiger partial charge < -0.3 is 41.7 Å². The Labute approximate surface area is 233 Å². The molecule has 0 heterocycles. The Hall–Kier alpha value is -4.36. The van der Waals surface area contributed by atoms with Gasteiger partial charge in [-0.15, -0.1) is 0 Å². The van der Waals surface area contributed by atoms with Gasteiger partial charge in [0.05, 0.1) is 0 Å². The highest BCUT2D eigenvalue weighted by molar-refractivity contribution is 5.83. The number of hydrogen-bond donors (Lipinski definition) is 8. The Morgan fingerprint density at radius 2 is 1.12 bits per heavy atom. The number of aliphatic carboxylic acids is 4. The van der Waals surface area contributed by atoms with E-state index in [0.29, 0.717) is 0 Å². The molecular formula is C26H42N4O10. The van der Waals surface area contributed by atoms with E-state index in [2.05, 4.69) is 21.3 Å². The van der Waals surface area contributed by atoms with Crippen LogP contribution in [0.3, 0.4) is 0 Å². The maximum Gasteiger partial charge on any atom is 0.326 e. The molecule has 8 N–H and O–H groups in total. The van der Waals surface area contributed by atoms with Gasteiger partial charge >= 0.3 is 35.9 Å². The maximum atomic E-state index is 11.6. The maximum absolute atomic E-state index is 11.6. The minimum absolute atomic E-state index is 0.151. The number of carboxylic acids is 4. The second kappa shape index (κ2) is 19.7. The third-order valence-electron chi connectivity index (χ3n) is 4.56. The van der Waals surface area contributed by atoms with Crippen LogP contribution in [0.2, 0.25) is 0 Å². The summed E-state index contributed by atoms with van der Waals surface area (Å²) < 4.78 is 0. The average molecular weight is 571 g/mol. The van der Waals surface area contributed by atoms with Gasteiger partial charge in [0, 0.05) is 24.9 Å². The molecule has 226 valence electrons. The van der Waals surface area contributed by atoms with E-state index in [0.717, 1.165) is 11.1 Å². The van der Waals surface area contributed by atoms with Crippen molar-refractivity contribution in [3.8, 4) is 0 Å². The van der Waals surface area contributed by atoms with Crippen LogP contribution in [-0.2, 0) is 25.7 Å². The number of urea groups is 2. The molecule has 0 saturated heterocycles. The molecule has 4 amide bonds.